The fourth-order valence-corrected chi connectivity index (χ4v) is 5.97. The van der Waals surface area contributed by atoms with Crippen LogP contribution in [0.25, 0.3) is 0 Å². The Morgan fingerprint density at radius 1 is 1.41 bits per heavy atom. The number of rotatable bonds is 6. The van der Waals surface area contributed by atoms with Crippen LogP contribution in [-0.2, 0) is 14.4 Å². The Bertz CT molecular complexity index is 735. The van der Waals surface area contributed by atoms with Gasteiger partial charge in [0.2, 0.25) is 11.8 Å². The van der Waals surface area contributed by atoms with Crippen molar-refractivity contribution in [1.29, 1.82) is 0 Å². The van der Waals surface area contributed by atoms with Crippen molar-refractivity contribution in [3.63, 3.8) is 0 Å². The summed E-state index contributed by atoms with van der Waals surface area (Å²) in [4.78, 5) is 39.3. The first-order valence-corrected chi connectivity index (χ1v) is 9.84. The molecule has 27 heavy (non-hydrogen) atoms. The summed E-state index contributed by atoms with van der Waals surface area (Å²) >= 11 is 1.50. The van der Waals surface area contributed by atoms with E-state index in [-0.39, 0.29) is 34.9 Å². The average molecular weight is 395 g/mol. The number of aliphatic hydroxyl groups is 1. The molecule has 3 heterocycles. The molecule has 0 saturated carbocycles. The number of carboxylic acid groups (broad SMARTS) is 1. The number of aliphatic carboxylic acids is 1. The number of primary amides is 1. The van der Waals surface area contributed by atoms with Crippen molar-refractivity contribution >= 4 is 29.5 Å². The lowest BCUT2D eigenvalue weighted by atomic mass is 9.79. The molecule has 0 unspecified atom stereocenters. The number of hydrogen-bond donors (Lipinski definition) is 3. The highest BCUT2D eigenvalue weighted by Crippen LogP contribution is 2.52. The number of carbonyl (C=O) groups excluding carboxylic acids is 2. The summed E-state index contributed by atoms with van der Waals surface area (Å²) < 4.78 is 0. The molecule has 2 fully saturated rings. The molecule has 0 aromatic heterocycles. The van der Waals surface area contributed by atoms with Crippen molar-refractivity contribution in [3.05, 3.63) is 22.8 Å². The standard InChI is InChI=1S/C18H25N3O5S/c1-8-14-13(9(2)22)17(24)21(14)15(18(25)26)16(8)27-11-6-10(20(3)7-11)4-5-12(19)23/h4-5,8-11,13-14,22H,6-7H2,1-3H3,(H2,19,23)(H,25,26)/b5-4+/t8-,9-,10-,11+,13-,14-/m1/s1. The summed E-state index contributed by atoms with van der Waals surface area (Å²) in [5.41, 5.74) is 5.21. The maximum Gasteiger partial charge on any atom is 0.353 e. The molecular weight excluding hydrogens is 370 g/mol. The van der Waals surface area contributed by atoms with E-state index in [9.17, 15) is 24.6 Å². The van der Waals surface area contributed by atoms with Crippen LogP contribution in [0.15, 0.2) is 22.8 Å². The monoisotopic (exact) mass is 395 g/mol. The molecule has 0 bridgehead atoms. The van der Waals surface area contributed by atoms with Crippen molar-refractivity contribution in [3.8, 4) is 0 Å². The summed E-state index contributed by atoms with van der Waals surface area (Å²) in [5.74, 6) is -2.61. The maximum atomic E-state index is 12.4. The number of nitrogens with two attached hydrogens (primary N) is 1. The first kappa shape index (κ1) is 19.9. The van der Waals surface area contributed by atoms with E-state index >= 15 is 0 Å². The van der Waals surface area contributed by atoms with E-state index in [2.05, 4.69) is 4.90 Å². The second-order valence-corrected chi connectivity index (χ2v) is 8.86. The van der Waals surface area contributed by atoms with Gasteiger partial charge in [0, 0.05) is 34.7 Å². The van der Waals surface area contributed by atoms with Gasteiger partial charge in [-0.25, -0.2) is 4.79 Å². The third kappa shape index (κ3) is 3.39. The van der Waals surface area contributed by atoms with E-state index < -0.39 is 23.9 Å². The van der Waals surface area contributed by atoms with Gasteiger partial charge in [-0.3, -0.25) is 14.5 Å². The molecule has 0 spiro atoms. The van der Waals surface area contributed by atoms with Gasteiger partial charge >= 0.3 is 5.97 Å². The van der Waals surface area contributed by atoms with Crippen LogP contribution >= 0.6 is 11.8 Å². The Kier molecular flexibility index (Phi) is 5.38. The molecular formula is C18H25N3O5S. The van der Waals surface area contributed by atoms with Crippen LogP contribution in [-0.4, -0.2) is 74.8 Å². The van der Waals surface area contributed by atoms with Gasteiger partial charge in [0.15, 0.2) is 0 Å². The molecule has 0 aromatic rings. The van der Waals surface area contributed by atoms with Crippen LogP contribution in [0.5, 0.6) is 0 Å². The Balaban J connectivity index is 1.79. The summed E-state index contributed by atoms with van der Waals surface area (Å²) in [6, 6.07) is -0.236. The minimum Gasteiger partial charge on any atom is -0.477 e. The smallest absolute Gasteiger partial charge is 0.353 e. The van der Waals surface area contributed by atoms with E-state index in [4.69, 9.17) is 5.73 Å². The third-order valence-electron chi connectivity index (χ3n) is 5.65. The van der Waals surface area contributed by atoms with Gasteiger partial charge in [0.1, 0.15) is 5.70 Å². The van der Waals surface area contributed by atoms with Gasteiger partial charge in [0.05, 0.1) is 18.1 Å². The van der Waals surface area contributed by atoms with E-state index in [1.54, 1.807) is 13.0 Å². The van der Waals surface area contributed by atoms with Crippen LogP contribution in [0, 0.1) is 11.8 Å². The van der Waals surface area contributed by atoms with Crippen molar-refractivity contribution in [2.45, 2.75) is 43.7 Å². The number of carbonyl (C=O) groups is 3. The first-order valence-electron chi connectivity index (χ1n) is 8.96. The van der Waals surface area contributed by atoms with Gasteiger partial charge in [-0.1, -0.05) is 13.0 Å². The number of carboxylic acids is 1. The molecule has 148 valence electrons. The Morgan fingerprint density at radius 2 is 2.07 bits per heavy atom. The molecule has 3 aliphatic rings. The Morgan fingerprint density at radius 3 is 2.63 bits per heavy atom. The largest absolute Gasteiger partial charge is 0.477 e. The van der Waals surface area contributed by atoms with E-state index in [0.29, 0.717) is 4.91 Å². The fraction of sp³-hybridized carbons (Fsp3) is 0.611. The maximum absolute atomic E-state index is 12.4. The zero-order chi connectivity index (χ0) is 20.0. The molecule has 3 rings (SSSR count). The number of β-lactam (4-membered cyclic amide) rings is 1. The number of aliphatic hydroxyl groups excluding tert-OH is 1. The summed E-state index contributed by atoms with van der Waals surface area (Å²) in [6.45, 7) is 4.22. The molecule has 3 aliphatic heterocycles. The highest BCUT2D eigenvalue weighted by Gasteiger charge is 2.60. The van der Waals surface area contributed by atoms with Crippen LogP contribution in [0.2, 0.25) is 0 Å². The van der Waals surface area contributed by atoms with Crippen molar-refractivity contribution in [1.82, 2.24) is 9.80 Å². The number of nitrogens with zero attached hydrogens (tertiary/aromatic N) is 2. The molecule has 0 radical (unpaired) electrons. The number of likely N-dealkylation sites (N-methyl/N-ethyl adjacent to an activating group) is 1. The summed E-state index contributed by atoms with van der Waals surface area (Å²) in [6.07, 6.45) is 3.08. The van der Waals surface area contributed by atoms with Gasteiger partial charge < -0.3 is 20.8 Å². The van der Waals surface area contributed by atoms with Gasteiger partial charge in [-0.15, -0.1) is 11.8 Å². The number of amides is 2. The Labute approximate surface area is 162 Å². The SMILES string of the molecule is C[C@@H](O)[C@H]1C(=O)N2C(C(=O)O)=C(S[C@H]3C[C@@H](/C=C/C(N)=O)N(C)C3)[C@H](C)[C@H]12. The normalized spacial score (nSPS) is 34.9. The minimum absolute atomic E-state index is 0.0539. The van der Waals surface area contributed by atoms with E-state index in [1.807, 2.05) is 14.0 Å². The van der Waals surface area contributed by atoms with Gasteiger partial charge in [-0.05, 0) is 20.4 Å². The summed E-state index contributed by atoms with van der Waals surface area (Å²) in [7, 11) is 1.95. The predicted octanol–water partition coefficient (Wildman–Crippen LogP) is -0.0125. The fourth-order valence-electron chi connectivity index (χ4n) is 4.36. The number of thioether (sulfide) groups is 1. The first-order chi connectivity index (χ1) is 12.6. The third-order valence-corrected chi connectivity index (χ3v) is 7.14. The molecule has 9 heteroatoms. The van der Waals surface area contributed by atoms with Crippen LogP contribution < -0.4 is 5.73 Å². The lowest BCUT2D eigenvalue weighted by molar-refractivity contribution is -0.163. The summed E-state index contributed by atoms with van der Waals surface area (Å²) in [5, 5.41) is 19.7. The molecule has 2 saturated heterocycles. The molecule has 2 amide bonds. The molecule has 8 nitrogen and oxygen atoms in total. The highest BCUT2D eigenvalue weighted by atomic mass is 32.2. The number of hydrogen-bond acceptors (Lipinski definition) is 6. The second kappa shape index (κ2) is 7.29. The lowest BCUT2D eigenvalue weighted by Crippen LogP contribution is -2.63. The molecule has 0 aromatic carbocycles. The minimum atomic E-state index is -1.11. The molecule has 6 atom stereocenters. The number of likely N-dealkylation sites (tertiary alicyclic amines) is 1. The van der Waals surface area contributed by atoms with Crippen LogP contribution in [0.3, 0.4) is 0 Å². The molecule has 4 N–H and O–H groups in total. The van der Waals surface area contributed by atoms with Crippen molar-refractivity contribution in [2.75, 3.05) is 13.6 Å². The zero-order valence-corrected chi connectivity index (χ0v) is 16.3. The van der Waals surface area contributed by atoms with E-state index in [1.165, 1.54) is 22.7 Å². The van der Waals surface area contributed by atoms with Crippen LogP contribution in [0.1, 0.15) is 20.3 Å². The topological polar surface area (TPSA) is 124 Å². The van der Waals surface area contributed by atoms with Gasteiger partial charge in [0.25, 0.3) is 0 Å². The van der Waals surface area contributed by atoms with Crippen LogP contribution in [0.4, 0.5) is 0 Å². The zero-order valence-electron chi connectivity index (χ0n) is 15.5. The number of fused-ring (bicyclic) bond motifs is 1. The van der Waals surface area contributed by atoms with Crippen molar-refractivity contribution < 1.29 is 24.6 Å². The lowest BCUT2D eigenvalue weighted by Gasteiger charge is -2.46. The molecule has 0 aliphatic carbocycles. The highest BCUT2D eigenvalue weighted by molar-refractivity contribution is 8.03. The van der Waals surface area contributed by atoms with Crippen molar-refractivity contribution in [2.24, 2.45) is 17.6 Å². The predicted molar refractivity (Wildman–Crippen MR) is 100 cm³/mol. The average Bonchev–Trinajstić information content (AvgIpc) is 3.02. The quantitative estimate of drug-likeness (QED) is 0.427. The van der Waals surface area contributed by atoms with E-state index in [0.717, 1.165) is 13.0 Å². The van der Waals surface area contributed by atoms with Gasteiger partial charge in [-0.2, -0.15) is 0 Å². The Hall–Kier alpha value is -1.84. The second-order valence-electron chi connectivity index (χ2n) is 7.52.